The molecule has 1 aliphatic rings. The van der Waals surface area contributed by atoms with Gasteiger partial charge in [0.05, 0.1) is 11.0 Å². The number of rotatable bonds is 1. The fraction of sp³-hybridized carbons (Fsp3) is 0.333. The van der Waals surface area contributed by atoms with E-state index in [4.69, 9.17) is 15.4 Å². The minimum Gasteiger partial charge on any atom is -0.391 e. The maximum atomic E-state index is 10.5. The molecular formula is C12H17NO4S. The summed E-state index contributed by atoms with van der Waals surface area (Å²) >= 11 is 0. The van der Waals surface area contributed by atoms with Crippen molar-refractivity contribution >= 4 is 10.1 Å². The Morgan fingerprint density at radius 3 is 2.11 bits per heavy atom. The van der Waals surface area contributed by atoms with E-state index in [0.717, 1.165) is 12.0 Å². The molecule has 1 aliphatic carbocycles. The molecule has 0 heterocycles. The highest BCUT2D eigenvalue weighted by atomic mass is 32.2. The minimum absolute atomic E-state index is 0.0666. The molecule has 0 fully saturated rings. The van der Waals surface area contributed by atoms with Crippen LogP contribution < -0.4 is 5.73 Å². The van der Waals surface area contributed by atoms with E-state index in [9.17, 15) is 8.42 Å². The number of aliphatic hydroxyl groups is 1. The van der Waals surface area contributed by atoms with E-state index in [1.54, 1.807) is 12.1 Å². The zero-order valence-corrected chi connectivity index (χ0v) is 10.8. The van der Waals surface area contributed by atoms with E-state index in [0.29, 0.717) is 0 Å². The first-order valence-electron chi connectivity index (χ1n) is 5.45. The third kappa shape index (κ3) is 4.58. The average Bonchev–Trinajstić information content (AvgIpc) is 2.63. The van der Waals surface area contributed by atoms with Crippen molar-refractivity contribution in [1.82, 2.24) is 0 Å². The molecule has 2 rings (SSSR count). The van der Waals surface area contributed by atoms with Crippen molar-refractivity contribution in [3.8, 4) is 0 Å². The van der Waals surface area contributed by atoms with Crippen molar-refractivity contribution < 1.29 is 18.1 Å². The van der Waals surface area contributed by atoms with Gasteiger partial charge < -0.3 is 10.8 Å². The van der Waals surface area contributed by atoms with Gasteiger partial charge in [0.25, 0.3) is 10.1 Å². The quantitative estimate of drug-likeness (QED) is 0.520. The molecule has 0 radical (unpaired) electrons. The Labute approximate surface area is 107 Å². The van der Waals surface area contributed by atoms with Gasteiger partial charge in [0.1, 0.15) is 0 Å². The molecule has 1 aromatic carbocycles. The molecule has 0 amide bonds. The summed E-state index contributed by atoms with van der Waals surface area (Å²) in [5.41, 5.74) is 6.30. The molecule has 1 aromatic rings. The predicted octanol–water partition coefficient (Wildman–Crippen LogP) is 0.876. The van der Waals surface area contributed by atoms with Crippen molar-refractivity contribution in [3.63, 3.8) is 0 Å². The third-order valence-electron chi connectivity index (χ3n) is 2.50. The van der Waals surface area contributed by atoms with Crippen molar-refractivity contribution in [2.24, 2.45) is 5.73 Å². The second-order valence-electron chi connectivity index (χ2n) is 4.10. The maximum Gasteiger partial charge on any atom is 0.294 e. The smallest absolute Gasteiger partial charge is 0.294 e. The van der Waals surface area contributed by atoms with E-state index in [1.165, 1.54) is 12.1 Å². The highest BCUT2D eigenvalue weighted by molar-refractivity contribution is 7.85. The van der Waals surface area contributed by atoms with Gasteiger partial charge in [-0.1, -0.05) is 29.8 Å². The molecule has 100 valence electrons. The van der Waals surface area contributed by atoms with Crippen LogP contribution in [0, 0.1) is 6.92 Å². The topological polar surface area (TPSA) is 101 Å². The van der Waals surface area contributed by atoms with Crippen LogP contribution in [0.25, 0.3) is 0 Å². The van der Waals surface area contributed by atoms with Gasteiger partial charge >= 0.3 is 0 Å². The van der Waals surface area contributed by atoms with E-state index >= 15 is 0 Å². The van der Waals surface area contributed by atoms with Crippen LogP contribution in [-0.2, 0) is 10.1 Å². The predicted molar refractivity (Wildman–Crippen MR) is 68.7 cm³/mol. The molecular weight excluding hydrogens is 254 g/mol. The molecule has 0 saturated heterocycles. The summed E-state index contributed by atoms with van der Waals surface area (Å²) in [6.45, 7) is 1.84. The fourth-order valence-corrected chi connectivity index (χ4v) is 1.85. The monoisotopic (exact) mass is 271 g/mol. The minimum atomic E-state index is -4.02. The first kappa shape index (κ1) is 14.8. The van der Waals surface area contributed by atoms with Crippen molar-refractivity contribution in [2.75, 3.05) is 0 Å². The number of hydrogen-bond donors (Lipinski definition) is 3. The van der Waals surface area contributed by atoms with Crippen molar-refractivity contribution in [3.05, 3.63) is 42.0 Å². The molecule has 0 unspecified atom stereocenters. The number of hydrogen-bond acceptors (Lipinski definition) is 4. The summed E-state index contributed by atoms with van der Waals surface area (Å²) in [5, 5.41) is 8.81. The summed E-state index contributed by atoms with van der Waals surface area (Å²) in [5.74, 6) is 0. The van der Waals surface area contributed by atoms with Gasteiger partial charge in [-0.3, -0.25) is 4.55 Å². The summed E-state index contributed by atoms with van der Waals surface area (Å²) < 4.78 is 29.6. The SMILES string of the molecule is Cc1ccc(S(=O)(=O)O)cc1.N[C@H]1C=CC[C@@H]1O. The summed E-state index contributed by atoms with van der Waals surface area (Å²) in [7, 11) is -4.02. The number of nitrogens with two attached hydrogens (primary N) is 1. The van der Waals surface area contributed by atoms with Crippen LogP contribution in [0.2, 0.25) is 0 Å². The van der Waals surface area contributed by atoms with Gasteiger partial charge in [-0.25, -0.2) is 0 Å². The molecule has 4 N–H and O–H groups in total. The lowest BCUT2D eigenvalue weighted by atomic mass is 10.2. The largest absolute Gasteiger partial charge is 0.391 e. The van der Waals surface area contributed by atoms with Crippen LogP contribution in [0.3, 0.4) is 0 Å². The van der Waals surface area contributed by atoms with Crippen LogP contribution >= 0.6 is 0 Å². The van der Waals surface area contributed by atoms with Crippen molar-refractivity contribution in [1.29, 1.82) is 0 Å². The number of benzene rings is 1. The Morgan fingerprint density at radius 1 is 1.28 bits per heavy atom. The van der Waals surface area contributed by atoms with Gasteiger partial charge in [0.15, 0.2) is 0 Å². The Hall–Kier alpha value is -1.21. The van der Waals surface area contributed by atoms with E-state index in [2.05, 4.69) is 0 Å². The molecule has 0 spiro atoms. The molecule has 0 aromatic heterocycles. The molecule has 18 heavy (non-hydrogen) atoms. The second-order valence-corrected chi connectivity index (χ2v) is 5.52. The van der Waals surface area contributed by atoms with Gasteiger partial charge in [-0.15, -0.1) is 0 Å². The zero-order chi connectivity index (χ0) is 13.8. The summed E-state index contributed by atoms with van der Waals surface area (Å²) in [6, 6.07) is 5.88. The average molecular weight is 271 g/mol. The second kappa shape index (κ2) is 6.10. The Balaban J connectivity index is 0.000000199. The lowest BCUT2D eigenvalue weighted by Gasteiger charge is -2.04. The molecule has 6 heteroatoms. The third-order valence-corrected chi connectivity index (χ3v) is 3.37. The highest BCUT2D eigenvalue weighted by Crippen LogP contribution is 2.08. The maximum absolute atomic E-state index is 10.5. The molecule has 2 atom stereocenters. The van der Waals surface area contributed by atoms with Crippen LogP contribution in [0.15, 0.2) is 41.3 Å². The molecule has 5 nitrogen and oxygen atoms in total. The van der Waals surface area contributed by atoms with E-state index in [1.807, 2.05) is 19.1 Å². The van der Waals surface area contributed by atoms with Crippen LogP contribution in [0.1, 0.15) is 12.0 Å². The highest BCUT2D eigenvalue weighted by Gasteiger charge is 2.14. The van der Waals surface area contributed by atoms with Gasteiger partial charge in [-0.05, 0) is 25.5 Å². The molecule has 0 aliphatic heterocycles. The summed E-state index contributed by atoms with van der Waals surface area (Å²) in [6.07, 6.45) is 4.13. The fourth-order valence-electron chi connectivity index (χ4n) is 1.37. The normalized spacial score (nSPS) is 22.4. The lowest BCUT2D eigenvalue weighted by molar-refractivity contribution is 0.172. The van der Waals surface area contributed by atoms with Crippen LogP contribution in [0.4, 0.5) is 0 Å². The van der Waals surface area contributed by atoms with E-state index in [-0.39, 0.29) is 17.0 Å². The number of aryl methyl sites for hydroxylation is 1. The van der Waals surface area contributed by atoms with Crippen LogP contribution in [-0.4, -0.2) is 30.2 Å². The standard InChI is InChI=1S/C7H8O3S.C5H9NO/c1-6-2-4-7(5-3-6)11(8,9)10;6-4-2-1-3-5(4)7/h2-5H,1H3,(H,8,9,10);1-2,4-5,7H,3,6H2/t;4-,5-/m.0/s1. The Morgan fingerprint density at radius 2 is 1.83 bits per heavy atom. The Kier molecular flexibility index (Phi) is 5.03. The van der Waals surface area contributed by atoms with Gasteiger partial charge in [0, 0.05) is 6.04 Å². The lowest BCUT2D eigenvalue weighted by Crippen LogP contribution is -2.28. The first-order valence-corrected chi connectivity index (χ1v) is 6.89. The number of aliphatic hydroxyl groups excluding tert-OH is 1. The first-order chi connectivity index (χ1) is 8.30. The molecule has 0 saturated carbocycles. The van der Waals surface area contributed by atoms with Crippen molar-refractivity contribution in [2.45, 2.75) is 30.4 Å². The van der Waals surface area contributed by atoms with Crippen LogP contribution in [0.5, 0.6) is 0 Å². The van der Waals surface area contributed by atoms with Gasteiger partial charge in [0.2, 0.25) is 0 Å². The zero-order valence-electron chi connectivity index (χ0n) is 10.0. The van der Waals surface area contributed by atoms with Gasteiger partial charge in [-0.2, -0.15) is 8.42 Å². The Bertz CT molecular complexity index is 507. The summed E-state index contributed by atoms with van der Waals surface area (Å²) in [4.78, 5) is -0.0666. The molecule has 0 bridgehead atoms. The van der Waals surface area contributed by atoms with E-state index < -0.39 is 10.1 Å².